The lowest BCUT2D eigenvalue weighted by Crippen LogP contribution is -2.10. The first kappa shape index (κ1) is 11.7. The average Bonchev–Trinajstić information content (AvgIpc) is 2.69. The molecule has 90 valence electrons. The topological polar surface area (TPSA) is 69.6 Å². The van der Waals surface area contributed by atoms with E-state index in [1.807, 2.05) is 31.7 Å². The predicted octanol–water partition coefficient (Wildman–Crippen LogP) is 0.995. The number of nitrogens with zero attached hydrogens (tertiary/aromatic N) is 4. The monoisotopic (exact) mass is 231 g/mol. The summed E-state index contributed by atoms with van der Waals surface area (Å²) < 4.78 is 1.91. The number of aryl methyl sites for hydroxylation is 3. The molecular formula is C12H17N5. The Labute approximate surface area is 101 Å². The third-order valence-electron chi connectivity index (χ3n) is 2.84. The van der Waals surface area contributed by atoms with Gasteiger partial charge in [0.2, 0.25) is 0 Å². The summed E-state index contributed by atoms with van der Waals surface area (Å²) in [5.41, 5.74) is 8.70. The van der Waals surface area contributed by atoms with Crippen molar-refractivity contribution in [3.05, 3.63) is 29.3 Å². The van der Waals surface area contributed by atoms with Crippen LogP contribution in [0.3, 0.4) is 0 Å². The zero-order chi connectivity index (χ0) is 12.4. The van der Waals surface area contributed by atoms with Crippen molar-refractivity contribution in [3.8, 4) is 11.6 Å². The van der Waals surface area contributed by atoms with E-state index in [0.29, 0.717) is 12.4 Å². The zero-order valence-electron chi connectivity index (χ0n) is 10.4. The second kappa shape index (κ2) is 4.63. The highest BCUT2D eigenvalue weighted by Crippen LogP contribution is 2.17. The van der Waals surface area contributed by atoms with Crippen molar-refractivity contribution in [2.45, 2.75) is 20.3 Å². The molecule has 0 aliphatic rings. The molecule has 2 N–H and O–H groups in total. The lowest BCUT2D eigenvalue weighted by atomic mass is 10.1. The van der Waals surface area contributed by atoms with Crippen molar-refractivity contribution >= 4 is 0 Å². The van der Waals surface area contributed by atoms with E-state index >= 15 is 0 Å². The number of rotatable bonds is 3. The molecule has 0 aliphatic carbocycles. The van der Waals surface area contributed by atoms with E-state index in [4.69, 9.17) is 5.73 Å². The van der Waals surface area contributed by atoms with Crippen LogP contribution in [0.4, 0.5) is 0 Å². The maximum atomic E-state index is 5.58. The van der Waals surface area contributed by atoms with Crippen LogP contribution in [0.25, 0.3) is 11.6 Å². The van der Waals surface area contributed by atoms with Gasteiger partial charge in [-0.15, -0.1) is 0 Å². The minimum absolute atomic E-state index is 0.618. The van der Waals surface area contributed by atoms with Crippen molar-refractivity contribution < 1.29 is 0 Å². The highest BCUT2D eigenvalue weighted by atomic mass is 15.1. The van der Waals surface area contributed by atoms with Crippen molar-refractivity contribution in [2.75, 3.05) is 6.54 Å². The van der Waals surface area contributed by atoms with Gasteiger partial charge in [-0.25, -0.2) is 15.0 Å². The molecule has 5 nitrogen and oxygen atoms in total. The van der Waals surface area contributed by atoms with Crippen molar-refractivity contribution in [3.63, 3.8) is 0 Å². The number of nitrogens with two attached hydrogens (primary N) is 1. The van der Waals surface area contributed by atoms with Gasteiger partial charge in [-0.05, 0) is 32.4 Å². The first-order valence-electron chi connectivity index (χ1n) is 5.65. The van der Waals surface area contributed by atoms with Crippen LogP contribution in [0.2, 0.25) is 0 Å². The SMILES string of the molecule is Cc1nc(-c2nccn2C)nc(C)c1CCN. The smallest absolute Gasteiger partial charge is 0.196 e. The molecule has 17 heavy (non-hydrogen) atoms. The highest BCUT2D eigenvalue weighted by molar-refractivity contribution is 5.46. The standard InChI is InChI=1S/C12H17N5/c1-8-10(4-5-13)9(2)16-11(15-8)12-14-6-7-17(12)3/h6-7H,4-5,13H2,1-3H3. The first-order chi connectivity index (χ1) is 8.13. The summed E-state index contributed by atoms with van der Waals surface area (Å²) in [7, 11) is 1.93. The van der Waals surface area contributed by atoms with Gasteiger partial charge in [-0.3, -0.25) is 0 Å². The van der Waals surface area contributed by atoms with Gasteiger partial charge in [0.25, 0.3) is 0 Å². The zero-order valence-corrected chi connectivity index (χ0v) is 10.4. The lowest BCUT2D eigenvalue weighted by Gasteiger charge is -2.09. The van der Waals surface area contributed by atoms with Gasteiger partial charge in [0.1, 0.15) is 0 Å². The summed E-state index contributed by atoms with van der Waals surface area (Å²) in [5, 5.41) is 0. The molecule has 0 spiro atoms. The van der Waals surface area contributed by atoms with Crippen molar-refractivity contribution in [2.24, 2.45) is 12.8 Å². The molecule has 0 aliphatic heterocycles. The van der Waals surface area contributed by atoms with Crippen molar-refractivity contribution in [1.82, 2.24) is 19.5 Å². The Balaban J connectivity index is 2.49. The van der Waals surface area contributed by atoms with Gasteiger partial charge in [-0.1, -0.05) is 0 Å². The molecule has 0 unspecified atom stereocenters. The molecule has 0 atom stereocenters. The third-order valence-corrected chi connectivity index (χ3v) is 2.84. The Morgan fingerprint density at radius 3 is 2.35 bits per heavy atom. The van der Waals surface area contributed by atoms with Gasteiger partial charge in [0, 0.05) is 30.8 Å². The summed E-state index contributed by atoms with van der Waals surface area (Å²) in [5.74, 6) is 1.46. The Kier molecular flexibility index (Phi) is 3.19. The molecule has 2 rings (SSSR count). The highest BCUT2D eigenvalue weighted by Gasteiger charge is 2.12. The molecule has 5 heteroatoms. The van der Waals surface area contributed by atoms with E-state index in [1.165, 1.54) is 0 Å². The molecule has 0 radical (unpaired) electrons. The molecule has 2 aromatic heterocycles. The van der Waals surface area contributed by atoms with Crippen LogP contribution >= 0.6 is 0 Å². The number of aromatic nitrogens is 4. The second-order valence-electron chi connectivity index (χ2n) is 4.10. The van der Waals surface area contributed by atoms with E-state index in [9.17, 15) is 0 Å². The first-order valence-corrected chi connectivity index (χ1v) is 5.65. The van der Waals surface area contributed by atoms with Gasteiger partial charge < -0.3 is 10.3 Å². The molecule has 2 aromatic rings. The molecule has 0 fully saturated rings. The van der Waals surface area contributed by atoms with Gasteiger partial charge in [0.05, 0.1) is 0 Å². The van der Waals surface area contributed by atoms with E-state index in [0.717, 1.165) is 29.2 Å². The second-order valence-corrected chi connectivity index (χ2v) is 4.10. The van der Waals surface area contributed by atoms with Crippen LogP contribution < -0.4 is 5.73 Å². The number of hydrogen-bond donors (Lipinski definition) is 1. The third kappa shape index (κ3) is 2.19. The van der Waals surface area contributed by atoms with E-state index in [-0.39, 0.29) is 0 Å². The molecule has 0 bridgehead atoms. The van der Waals surface area contributed by atoms with E-state index in [1.54, 1.807) is 6.20 Å². The summed E-state index contributed by atoms with van der Waals surface area (Å²) in [6, 6.07) is 0. The summed E-state index contributed by atoms with van der Waals surface area (Å²) in [6.45, 7) is 4.60. The summed E-state index contributed by atoms with van der Waals surface area (Å²) >= 11 is 0. The Morgan fingerprint density at radius 2 is 1.88 bits per heavy atom. The largest absolute Gasteiger partial charge is 0.331 e. The van der Waals surface area contributed by atoms with Crippen LogP contribution in [0.15, 0.2) is 12.4 Å². The predicted molar refractivity (Wildman–Crippen MR) is 66.5 cm³/mol. The summed E-state index contributed by atoms with van der Waals surface area (Å²) in [4.78, 5) is 13.3. The van der Waals surface area contributed by atoms with Crippen LogP contribution in [-0.2, 0) is 13.5 Å². The Morgan fingerprint density at radius 1 is 1.24 bits per heavy atom. The van der Waals surface area contributed by atoms with E-state index < -0.39 is 0 Å². The van der Waals surface area contributed by atoms with Gasteiger partial charge >= 0.3 is 0 Å². The van der Waals surface area contributed by atoms with Crippen LogP contribution in [0.1, 0.15) is 17.0 Å². The van der Waals surface area contributed by atoms with E-state index in [2.05, 4.69) is 15.0 Å². The fraction of sp³-hybridized carbons (Fsp3) is 0.417. The molecule has 2 heterocycles. The van der Waals surface area contributed by atoms with Crippen molar-refractivity contribution in [1.29, 1.82) is 0 Å². The minimum Gasteiger partial charge on any atom is -0.331 e. The lowest BCUT2D eigenvalue weighted by molar-refractivity contribution is 0.869. The van der Waals surface area contributed by atoms with Crippen LogP contribution in [-0.4, -0.2) is 26.1 Å². The normalized spacial score (nSPS) is 10.8. The quantitative estimate of drug-likeness (QED) is 0.855. The van der Waals surface area contributed by atoms with Gasteiger partial charge in [0.15, 0.2) is 11.6 Å². The van der Waals surface area contributed by atoms with Gasteiger partial charge in [-0.2, -0.15) is 0 Å². The fourth-order valence-corrected chi connectivity index (χ4v) is 1.93. The number of imidazole rings is 1. The Hall–Kier alpha value is -1.75. The molecule has 0 saturated carbocycles. The van der Waals surface area contributed by atoms with Crippen LogP contribution in [0.5, 0.6) is 0 Å². The molecular weight excluding hydrogens is 214 g/mol. The minimum atomic E-state index is 0.618. The molecule has 0 amide bonds. The number of hydrogen-bond acceptors (Lipinski definition) is 4. The summed E-state index contributed by atoms with van der Waals surface area (Å²) in [6.07, 6.45) is 4.45. The molecule has 0 aromatic carbocycles. The fourth-order valence-electron chi connectivity index (χ4n) is 1.93. The van der Waals surface area contributed by atoms with Crippen LogP contribution in [0, 0.1) is 13.8 Å². The maximum absolute atomic E-state index is 5.58. The maximum Gasteiger partial charge on any atom is 0.196 e. The average molecular weight is 231 g/mol. The molecule has 0 saturated heterocycles. The Bertz CT molecular complexity index is 506.